The molecule has 0 saturated heterocycles. The molecule has 10 heteroatoms. The molecule has 1 aromatic carbocycles. The Bertz CT molecular complexity index is 886. The standard InChI is InChI=1S/C18H24N4O5S/c1-12(10-27-3)22-16(24)13-6-4-5-7-14(13)20-18(22)28-11-15(23)21-17(25)19-8-9-26-2/h4-7,12H,8-11H2,1-3H3,(H2,19,21,23,25). The van der Waals surface area contributed by atoms with E-state index in [9.17, 15) is 14.4 Å². The van der Waals surface area contributed by atoms with Gasteiger partial charge in [-0.15, -0.1) is 0 Å². The van der Waals surface area contributed by atoms with E-state index in [-0.39, 0.29) is 17.4 Å². The largest absolute Gasteiger partial charge is 0.383 e. The molecule has 0 aliphatic heterocycles. The molecular weight excluding hydrogens is 384 g/mol. The highest BCUT2D eigenvalue weighted by molar-refractivity contribution is 7.99. The Balaban J connectivity index is 2.16. The van der Waals surface area contributed by atoms with Crippen LogP contribution >= 0.6 is 11.8 Å². The summed E-state index contributed by atoms with van der Waals surface area (Å²) >= 11 is 1.09. The van der Waals surface area contributed by atoms with Gasteiger partial charge in [-0.2, -0.15) is 0 Å². The first kappa shape index (κ1) is 21.9. The highest BCUT2D eigenvalue weighted by atomic mass is 32.2. The van der Waals surface area contributed by atoms with E-state index in [4.69, 9.17) is 9.47 Å². The highest BCUT2D eigenvalue weighted by Gasteiger charge is 2.18. The molecule has 1 unspecified atom stereocenters. The number of ether oxygens (including phenoxy) is 2. The first-order valence-electron chi connectivity index (χ1n) is 8.67. The molecule has 2 aromatic rings. The molecule has 3 amide bonds. The van der Waals surface area contributed by atoms with E-state index in [2.05, 4.69) is 15.6 Å². The molecular formula is C18H24N4O5S. The van der Waals surface area contributed by atoms with Crippen molar-refractivity contribution in [3.05, 3.63) is 34.6 Å². The number of nitrogens with one attached hydrogen (secondary N) is 2. The van der Waals surface area contributed by atoms with Gasteiger partial charge in [0.15, 0.2) is 5.16 Å². The Morgan fingerprint density at radius 1 is 1.25 bits per heavy atom. The fourth-order valence-electron chi connectivity index (χ4n) is 2.54. The molecule has 0 aliphatic carbocycles. The van der Waals surface area contributed by atoms with E-state index in [0.29, 0.717) is 35.8 Å². The molecule has 28 heavy (non-hydrogen) atoms. The summed E-state index contributed by atoms with van der Waals surface area (Å²) in [5, 5.41) is 5.62. The molecule has 0 radical (unpaired) electrons. The summed E-state index contributed by atoms with van der Waals surface area (Å²) in [6, 6.07) is 6.17. The summed E-state index contributed by atoms with van der Waals surface area (Å²) in [7, 11) is 3.07. The second-order valence-corrected chi connectivity index (χ2v) is 6.92. The number of methoxy groups -OCH3 is 2. The van der Waals surface area contributed by atoms with Crippen molar-refractivity contribution in [2.45, 2.75) is 18.1 Å². The summed E-state index contributed by atoms with van der Waals surface area (Å²) in [6.07, 6.45) is 0. The van der Waals surface area contributed by atoms with E-state index in [0.717, 1.165) is 11.8 Å². The Kier molecular flexibility index (Phi) is 8.42. The summed E-state index contributed by atoms with van der Waals surface area (Å²) in [6.45, 7) is 2.81. The zero-order valence-corrected chi connectivity index (χ0v) is 16.9. The van der Waals surface area contributed by atoms with E-state index in [1.165, 1.54) is 11.7 Å². The number of amides is 3. The number of carbonyl (C=O) groups is 2. The molecule has 0 saturated carbocycles. The second-order valence-electron chi connectivity index (χ2n) is 5.98. The Hall–Kier alpha value is -2.43. The van der Waals surface area contributed by atoms with Crippen LogP contribution in [-0.4, -0.2) is 61.2 Å². The number of hydrogen-bond donors (Lipinski definition) is 2. The lowest BCUT2D eigenvalue weighted by Crippen LogP contribution is -2.41. The Morgan fingerprint density at radius 3 is 2.71 bits per heavy atom. The molecule has 0 spiro atoms. The fraction of sp³-hybridized carbons (Fsp3) is 0.444. The maximum Gasteiger partial charge on any atom is 0.321 e. The number of imide groups is 1. The number of urea groups is 1. The van der Waals surface area contributed by atoms with E-state index >= 15 is 0 Å². The highest BCUT2D eigenvalue weighted by Crippen LogP contribution is 2.21. The minimum Gasteiger partial charge on any atom is -0.383 e. The summed E-state index contributed by atoms with van der Waals surface area (Å²) in [5.74, 6) is -0.560. The van der Waals surface area contributed by atoms with Crippen molar-refractivity contribution < 1.29 is 19.1 Å². The zero-order chi connectivity index (χ0) is 20.5. The lowest BCUT2D eigenvalue weighted by Gasteiger charge is -2.18. The SMILES string of the molecule is COCCNC(=O)NC(=O)CSc1nc2ccccc2c(=O)n1C(C)COC. The Morgan fingerprint density at radius 2 is 2.00 bits per heavy atom. The van der Waals surface area contributed by atoms with Crippen molar-refractivity contribution >= 4 is 34.6 Å². The van der Waals surface area contributed by atoms with Crippen molar-refractivity contribution in [3.8, 4) is 0 Å². The van der Waals surface area contributed by atoms with Gasteiger partial charge < -0.3 is 14.8 Å². The number of fused-ring (bicyclic) bond motifs is 1. The van der Waals surface area contributed by atoms with Crippen LogP contribution in [0.3, 0.4) is 0 Å². The van der Waals surface area contributed by atoms with Crippen molar-refractivity contribution in [3.63, 3.8) is 0 Å². The number of benzene rings is 1. The normalized spacial score (nSPS) is 12.0. The molecule has 1 atom stereocenters. The molecule has 0 fully saturated rings. The number of rotatable bonds is 9. The van der Waals surface area contributed by atoms with Crippen LogP contribution in [-0.2, 0) is 14.3 Å². The van der Waals surface area contributed by atoms with Crippen LogP contribution in [0.4, 0.5) is 4.79 Å². The predicted octanol–water partition coefficient (Wildman–Crippen LogP) is 1.17. The fourth-order valence-corrected chi connectivity index (χ4v) is 3.43. The zero-order valence-electron chi connectivity index (χ0n) is 16.1. The molecule has 2 N–H and O–H groups in total. The van der Waals surface area contributed by atoms with Crippen molar-refractivity contribution in [1.82, 2.24) is 20.2 Å². The lowest BCUT2D eigenvalue weighted by molar-refractivity contribution is -0.117. The maximum absolute atomic E-state index is 12.9. The van der Waals surface area contributed by atoms with Crippen LogP contribution in [0.1, 0.15) is 13.0 Å². The van der Waals surface area contributed by atoms with Gasteiger partial charge in [0.05, 0.1) is 35.9 Å². The van der Waals surface area contributed by atoms with Crippen molar-refractivity contribution in [2.24, 2.45) is 0 Å². The van der Waals surface area contributed by atoms with Crippen LogP contribution < -0.4 is 16.2 Å². The molecule has 152 valence electrons. The second kappa shape index (κ2) is 10.8. The number of hydrogen-bond acceptors (Lipinski definition) is 7. The van der Waals surface area contributed by atoms with Crippen molar-refractivity contribution in [2.75, 3.05) is 39.7 Å². The van der Waals surface area contributed by atoms with Gasteiger partial charge in [0.1, 0.15) is 0 Å². The van der Waals surface area contributed by atoms with Gasteiger partial charge in [-0.25, -0.2) is 9.78 Å². The minimum absolute atomic E-state index is 0.0673. The predicted molar refractivity (Wildman–Crippen MR) is 107 cm³/mol. The van der Waals surface area contributed by atoms with Crippen LogP contribution in [0.25, 0.3) is 10.9 Å². The number of thioether (sulfide) groups is 1. The van der Waals surface area contributed by atoms with Gasteiger partial charge in [-0.05, 0) is 19.1 Å². The number of aromatic nitrogens is 2. The first-order chi connectivity index (χ1) is 13.5. The van der Waals surface area contributed by atoms with Gasteiger partial charge in [0.2, 0.25) is 5.91 Å². The van der Waals surface area contributed by atoms with Crippen LogP contribution in [0.2, 0.25) is 0 Å². The Labute approximate surface area is 166 Å². The average Bonchev–Trinajstić information content (AvgIpc) is 2.66. The number of carbonyl (C=O) groups excluding carboxylic acids is 2. The monoisotopic (exact) mass is 408 g/mol. The smallest absolute Gasteiger partial charge is 0.321 e. The van der Waals surface area contributed by atoms with E-state index in [1.807, 2.05) is 6.92 Å². The van der Waals surface area contributed by atoms with Gasteiger partial charge in [0.25, 0.3) is 5.56 Å². The molecule has 2 rings (SSSR count). The quantitative estimate of drug-likeness (QED) is 0.364. The van der Waals surface area contributed by atoms with Crippen LogP contribution in [0, 0.1) is 0 Å². The lowest BCUT2D eigenvalue weighted by atomic mass is 10.2. The third-order valence-electron chi connectivity index (χ3n) is 3.80. The average molecular weight is 408 g/mol. The van der Waals surface area contributed by atoms with E-state index < -0.39 is 11.9 Å². The third-order valence-corrected chi connectivity index (χ3v) is 4.75. The van der Waals surface area contributed by atoms with Gasteiger partial charge >= 0.3 is 6.03 Å². The first-order valence-corrected chi connectivity index (χ1v) is 9.66. The summed E-state index contributed by atoms with van der Waals surface area (Å²) in [5.41, 5.74) is 0.351. The number of nitrogens with zero attached hydrogens (tertiary/aromatic N) is 2. The van der Waals surface area contributed by atoms with Crippen LogP contribution in [0.5, 0.6) is 0 Å². The third kappa shape index (κ3) is 5.78. The topological polar surface area (TPSA) is 112 Å². The maximum atomic E-state index is 12.9. The number of para-hydroxylation sites is 1. The van der Waals surface area contributed by atoms with Crippen molar-refractivity contribution in [1.29, 1.82) is 0 Å². The molecule has 1 aromatic heterocycles. The minimum atomic E-state index is -0.598. The van der Waals surface area contributed by atoms with E-state index in [1.54, 1.807) is 31.4 Å². The molecule has 0 aliphatic rings. The molecule has 0 bridgehead atoms. The van der Waals surface area contributed by atoms with Gasteiger partial charge in [-0.3, -0.25) is 19.5 Å². The van der Waals surface area contributed by atoms with Crippen LogP contribution in [0.15, 0.2) is 34.2 Å². The molecule has 9 nitrogen and oxygen atoms in total. The summed E-state index contributed by atoms with van der Waals surface area (Å²) in [4.78, 5) is 41.1. The van der Waals surface area contributed by atoms with Gasteiger partial charge in [0, 0.05) is 20.8 Å². The summed E-state index contributed by atoms with van der Waals surface area (Å²) < 4.78 is 11.5. The van der Waals surface area contributed by atoms with Gasteiger partial charge in [-0.1, -0.05) is 23.9 Å². The molecule has 1 heterocycles.